The van der Waals surface area contributed by atoms with Gasteiger partial charge in [-0.1, -0.05) is 32.4 Å². The summed E-state index contributed by atoms with van der Waals surface area (Å²) in [4.78, 5) is 0. The average Bonchev–Trinajstić information content (AvgIpc) is 2.25. The lowest BCUT2D eigenvalue weighted by atomic mass is 10.0. The molecule has 0 aliphatic heterocycles. The maximum absolute atomic E-state index is 13.3. The first kappa shape index (κ1) is 13.7. The fourth-order valence-corrected chi connectivity index (χ4v) is 2.31. The molecule has 0 aliphatic carbocycles. The highest BCUT2D eigenvalue weighted by Gasteiger charge is 2.11. The van der Waals surface area contributed by atoms with Crippen LogP contribution < -0.4 is 5.32 Å². The van der Waals surface area contributed by atoms with Crippen LogP contribution >= 0.6 is 15.9 Å². The van der Waals surface area contributed by atoms with Crippen molar-refractivity contribution in [3.05, 3.63) is 34.1 Å². The second-order valence-corrected chi connectivity index (χ2v) is 4.75. The van der Waals surface area contributed by atoms with Gasteiger partial charge in [0, 0.05) is 6.04 Å². The molecular formula is C13H19BrFN. The maximum atomic E-state index is 13.3. The van der Waals surface area contributed by atoms with E-state index in [2.05, 4.69) is 35.1 Å². The summed E-state index contributed by atoms with van der Waals surface area (Å²) in [6, 6.07) is 5.67. The second-order valence-electron chi connectivity index (χ2n) is 3.96. The average molecular weight is 288 g/mol. The van der Waals surface area contributed by atoms with Gasteiger partial charge in [-0.05, 0) is 46.9 Å². The maximum Gasteiger partial charge on any atom is 0.137 e. The van der Waals surface area contributed by atoms with Crippen molar-refractivity contribution in [2.75, 3.05) is 6.54 Å². The van der Waals surface area contributed by atoms with Crippen molar-refractivity contribution >= 4 is 15.9 Å². The summed E-state index contributed by atoms with van der Waals surface area (Å²) in [6.07, 6.45) is 3.14. The Morgan fingerprint density at radius 2 is 2.12 bits per heavy atom. The van der Waals surface area contributed by atoms with Crippen LogP contribution in [0.25, 0.3) is 0 Å². The van der Waals surface area contributed by atoms with Crippen LogP contribution in [-0.4, -0.2) is 12.6 Å². The van der Waals surface area contributed by atoms with Gasteiger partial charge in [-0.3, -0.25) is 0 Å². The number of likely N-dealkylation sites (N-methyl/N-ethyl adjacent to an activating group) is 1. The van der Waals surface area contributed by atoms with Crippen LogP contribution in [0.4, 0.5) is 4.39 Å². The minimum absolute atomic E-state index is 0.177. The summed E-state index contributed by atoms with van der Waals surface area (Å²) in [5.41, 5.74) is 1.04. The van der Waals surface area contributed by atoms with Crippen LogP contribution in [-0.2, 0) is 6.42 Å². The molecule has 1 aromatic rings. The number of hydrogen-bond donors (Lipinski definition) is 1. The summed E-state index contributed by atoms with van der Waals surface area (Å²) in [5.74, 6) is -0.177. The molecule has 0 aromatic heterocycles. The number of hydrogen-bond acceptors (Lipinski definition) is 1. The van der Waals surface area contributed by atoms with E-state index >= 15 is 0 Å². The molecule has 90 valence electrons. The molecule has 0 aliphatic rings. The molecule has 0 radical (unpaired) electrons. The molecule has 3 heteroatoms. The summed E-state index contributed by atoms with van der Waals surface area (Å²) in [6.45, 7) is 5.23. The molecule has 0 spiro atoms. The Labute approximate surface area is 106 Å². The molecule has 0 saturated heterocycles. The first-order chi connectivity index (χ1) is 7.69. The summed E-state index contributed by atoms with van der Waals surface area (Å²) >= 11 is 3.31. The van der Waals surface area contributed by atoms with Crippen LogP contribution in [0.15, 0.2) is 22.7 Å². The Bertz CT molecular complexity index is 322. The number of rotatable bonds is 6. The second kappa shape index (κ2) is 7.02. The highest BCUT2D eigenvalue weighted by Crippen LogP contribution is 2.22. The normalized spacial score (nSPS) is 12.8. The van der Waals surface area contributed by atoms with Crippen LogP contribution in [0, 0.1) is 5.82 Å². The minimum atomic E-state index is -0.177. The smallest absolute Gasteiger partial charge is 0.137 e. The van der Waals surface area contributed by atoms with Gasteiger partial charge in [0.25, 0.3) is 0 Å². The van der Waals surface area contributed by atoms with E-state index in [1.165, 1.54) is 6.07 Å². The van der Waals surface area contributed by atoms with Gasteiger partial charge < -0.3 is 5.32 Å². The molecule has 1 nitrogen and oxygen atoms in total. The third-order valence-electron chi connectivity index (χ3n) is 2.63. The lowest BCUT2D eigenvalue weighted by Gasteiger charge is -2.18. The zero-order valence-corrected chi connectivity index (χ0v) is 11.5. The van der Waals surface area contributed by atoms with Gasteiger partial charge in [-0.25, -0.2) is 4.39 Å². The van der Waals surface area contributed by atoms with E-state index in [0.29, 0.717) is 10.5 Å². The molecule has 1 rings (SSSR count). The Morgan fingerprint density at radius 1 is 1.38 bits per heavy atom. The largest absolute Gasteiger partial charge is 0.314 e. The van der Waals surface area contributed by atoms with Crippen molar-refractivity contribution in [1.29, 1.82) is 0 Å². The zero-order valence-electron chi connectivity index (χ0n) is 9.89. The van der Waals surface area contributed by atoms with Crippen LogP contribution in [0.5, 0.6) is 0 Å². The molecule has 0 heterocycles. The van der Waals surface area contributed by atoms with Gasteiger partial charge >= 0.3 is 0 Å². The standard InChI is InChI=1S/C13H19BrFN/c1-3-6-11(16-4-2)9-10-7-5-8-12(15)13(10)14/h5,7-8,11,16H,3-4,6,9H2,1-2H3. The van der Waals surface area contributed by atoms with Crippen molar-refractivity contribution in [3.8, 4) is 0 Å². The van der Waals surface area contributed by atoms with E-state index in [9.17, 15) is 4.39 Å². The van der Waals surface area contributed by atoms with E-state index in [1.54, 1.807) is 6.07 Å². The van der Waals surface area contributed by atoms with Gasteiger partial charge in [0.15, 0.2) is 0 Å². The van der Waals surface area contributed by atoms with E-state index in [0.717, 1.165) is 31.4 Å². The van der Waals surface area contributed by atoms with Crippen molar-refractivity contribution in [3.63, 3.8) is 0 Å². The van der Waals surface area contributed by atoms with Crippen molar-refractivity contribution in [2.24, 2.45) is 0 Å². The molecule has 1 aromatic carbocycles. The predicted octanol–water partition coefficient (Wildman–Crippen LogP) is 3.91. The Balaban J connectivity index is 2.72. The topological polar surface area (TPSA) is 12.0 Å². The van der Waals surface area contributed by atoms with Crippen LogP contribution in [0.3, 0.4) is 0 Å². The zero-order chi connectivity index (χ0) is 12.0. The van der Waals surface area contributed by atoms with Crippen LogP contribution in [0.1, 0.15) is 32.3 Å². The minimum Gasteiger partial charge on any atom is -0.314 e. The van der Waals surface area contributed by atoms with Gasteiger partial charge in [-0.2, -0.15) is 0 Å². The van der Waals surface area contributed by atoms with E-state index in [4.69, 9.17) is 0 Å². The van der Waals surface area contributed by atoms with Crippen molar-refractivity contribution < 1.29 is 4.39 Å². The van der Waals surface area contributed by atoms with Gasteiger partial charge in [0.2, 0.25) is 0 Å². The number of nitrogens with one attached hydrogen (secondary N) is 1. The molecule has 0 fully saturated rings. The molecular weight excluding hydrogens is 269 g/mol. The molecule has 1 N–H and O–H groups in total. The SMILES string of the molecule is CCCC(Cc1cccc(F)c1Br)NCC. The highest BCUT2D eigenvalue weighted by atomic mass is 79.9. The molecule has 0 amide bonds. The van der Waals surface area contributed by atoms with Gasteiger partial charge in [0.1, 0.15) is 5.82 Å². The molecule has 0 bridgehead atoms. The summed E-state index contributed by atoms with van der Waals surface area (Å²) in [5, 5.41) is 3.44. The lowest BCUT2D eigenvalue weighted by molar-refractivity contribution is 0.483. The quantitative estimate of drug-likeness (QED) is 0.837. The summed E-state index contributed by atoms with van der Waals surface area (Å²) in [7, 11) is 0. The lowest BCUT2D eigenvalue weighted by Crippen LogP contribution is -2.30. The monoisotopic (exact) mass is 287 g/mol. The Morgan fingerprint density at radius 3 is 2.75 bits per heavy atom. The Kier molecular flexibility index (Phi) is 5.99. The third-order valence-corrected chi connectivity index (χ3v) is 3.52. The highest BCUT2D eigenvalue weighted by molar-refractivity contribution is 9.10. The van der Waals surface area contributed by atoms with Gasteiger partial charge in [0.05, 0.1) is 4.47 Å². The number of halogens is 2. The molecule has 16 heavy (non-hydrogen) atoms. The van der Waals surface area contributed by atoms with E-state index in [1.807, 2.05) is 6.07 Å². The van der Waals surface area contributed by atoms with E-state index < -0.39 is 0 Å². The fraction of sp³-hybridized carbons (Fsp3) is 0.538. The first-order valence-corrected chi connectivity index (χ1v) is 6.64. The van der Waals surface area contributed by atoms with Crippen LogP contribution in [0.2, 0.25) is 0 Å². The van der Waals surface area contributed by atoms with E-state index in [-0.39, 0.29) is 5.82 Å². The number of benzene rings is 1. The predicted molar refractivity (Wildman–Crippen MR) is 70.2 cm³/mol. The van der Waals surface area contributed by atoms with Crippen molar-refractivity contribution in [1.82, 2.24) is 5.32 Å². The first-order valence-electron chi connectivity index (χ1n) is 5.85. The third kappa shape index (κ3) is 3.87. The Hall–Kier alpha value is -0.410. The van der Waals surface area contributed by atoms with Crippen molar-refractivity contribution in [2.45, 2.75) is 39.2 Å². The van der Waals surface area contributed by atoms with Gasteiger partial charge in [-0.15, -0.1) is 0 Å². The molecule has 1 atom stereocenters. The molecule has 1 unspecified atom stereocenters. The fourth-order valence-electron chi connectivity index (χ4n) is 1.88. The molecule has 0 saturated carbocycles. The summed E-state index contributed by atoms with van der Waals surface area (Å²) < 4.78 is 13.9.